The molecule has 0 aromatic heterocycles. The van der Waals surface area contributed by atoms with Crippen molar-refractivity contribution in [2.24, 2.45) is 5.92 Å². The van der Waals surface area contributed by atoms with Crippen LogP contribution in [0.3, 0.4) is 0 Å². The van der Waals surface area contributed by atoms with Crippen LogP contribution in [0.4, 0.5) is 0 Å². The highest BCUT2D eigenvalue weighted by Gasteiger charge is 2.14. The van der Waals surface area contributed by atoms with Crippen molar-refractivity contribution in [3.63, 3.8) is 0 Å². The Kier molecular flexibility index (Phi) is 14.2. The molecule has 0 spiro atoms. The lowest BCUT2D eigenvalue weighted by atomic mass is 9.88. The van der Waals surface area contributed by atoms with Crippen molar-refractivity contribution in [3.8, 4) is 0 Å². The predicted molar refractivity (Wildman–Crippen MR) is 170 cm³/mol. The van der Waals surface area contributed by atoms with E-state index < -0.39 is 0 Å². The minimum absolute atomic E-state index is 0.449. The minimum atomic E-state index is 0.449. The zero-order valence-electron chi connectivity index (χ0n) is 25.2. The molecule has 0 aliphatic heterocycles. The molecule has 2 nitrogen and oxygen atoms in total. The van der Waals surface area contributed by atoms with Gasteiger partial charge in [-0.05, 0) is 131 Å². The Morgan fingerprint density at radius 3 is 2.18 bits per heavy atom. The zero-order valence-corrected chi connectivity index (χ0v) is 25.2. The predicted octanol–water partition coefficient (Wildman–Crippen LogP) is 8.92. The largest absolute Gasteiger partial charge is 0.392 e. The number of hydrogen-bond donors (Lipinski definition) is 1. The molecule has 0 amide bonds. The van der Waals surface area contributed by atoms with Gasteiger partial charge in [-0.15, -0.1) is 6.58 Å². The van der Waals surface area contributed by atoms with Gasteiger partial charge in [-0.1, -0.05) is 75.1 Å². The molecule has 2 heteroatoms. The third-order valence-electron chi connectivity index (χ3n) is 7.75. The van der Waals surface area contributed by atoms with E-state index in [4.69, 9.17) is 0 Å². The topological polar surface area (TPSA) is 15.3 Å². The average molecular weight is 515 g/mol. The van der Waals surface area contributed by atoms with E-state index in [1.54, 1.807) is 0 Å². The van der Waals surface area contributed by atoms with Gasteiger partial charge >= 0.3 is 0 Å². The van der Waals surface area contributed by atoms with Crippen LogP contribution in [-0.4, -0.2) is 31.6 Å². The maximum absolute atomic E-state index is 4.27. The minimum Gasteiger partial charge on any atom is -0.392 e. The summed E-state index contributed by atoms with van der Waals surface area (Å²) in [7, 11) is 1.98. The van der Waals surface area contributed by atoms with Gasteiger partial charge in [0.15, 0.2) is 0 Å². The molecule has 0 bridgehead atoms. The molecule has 1 atom stereocenters. The number of nitrogens with zero attached hydrogens (tertiary/aromatic N) is 1. The molecule has 2 rings (SSSR count). The quantitative estimate of drug-likeness (QED) is 0.188. The Bertz CT molecular complexity index is 1030. The van der Waals surface area contributed by atoms with Gasteiger partial charge in [-0.2, -0.15) is 0 Å². The Morgan fingerprint density at radius 1 is 0.921 bits per heavy atom. The highest BCUT2D eigenvalue weighted by Crippen LogP contribution is 2.27. The van der Waals surface area contributed by atoms with Gasteiger partial charge in [-0.3, -0.25) is 0 Å². The van der Waals surface area contributed by atoms with Crippen molar-refractivity contribution >= 4 is 5.57 Å². The van der Waals surface area contributed by atoms with Crippen molar-refractivity contribution in [1.82, 2.24) is 10.2 Å². The van der Waals surface area contributed by atoms with E-state index in [2.05, 4.69) is 94.0 Å². The molecule has 2 aromatic carbocycles. The van der Waals surface area contributed by atoms with Gasteiger partial charge in [0.25, 0.3) is 0 Å². The summed E-state index contributed by atoms with van der Waals surface area (Å²) in [5.41, 5.74) is 10.7. The first-order valence-corrected chi connectivity index (χ1v) is 14.9. The highest BCUT2D eigenvalue weighted by atomic mass is 15.1. The summed E-state index contributed by atoms with van der Waals surface area (Å²) in [6.07, 6.45) is 12.1. The molecule has 0 aliphatic rings. The molecule has 0 saturated heterocycles. The molecule has 208 valence electrons. The van der Waals surface area contributed by atoms with Crippen molar-refractivity contribution in [2.75, 3.05) is 26.7 Å². The number of hydrogen-bond acceptors (Lipinski definition) is 2. The third kappa shape index (κ3) is 10.3. The van der Waals surface area contributed by atoms with Crippen molar-refractivity contribution in [2.45, 2.75) is 85.5 Å². The van der Waals surface area contributed by atoms with Crippen LogP contribution in [-0.2, 0) is 19.3 Å². The van der Waals surface area contributed by atoms with E-state index in [0.29, 0.717) is 5.92 Å². The van der Waals surface area contributed by atoms with E-state index in [0.717, 1.165) is 49.8 Å². The summed E-state index contributed by atoms with van der Waals surface area (Å²) in [5, 5.41) is 3.29. The van der Waals surface area contributed by atoms with Crippen LogP contribution in [0.15, 0.2) is 67.9 Å². The summed E-state index contributed by atoms with van der Waals surface area (Å²) in [5.74, 6) is 0.449. The van der Waals surface area contributed by atoms with Gasteiger partial charge in [-0.25, -0.2) is 0 Å². The summed E-state index contributed by atoms with van der Waals surface area (Å²) >= 11 is 0. The summed E-state index contributed by atoms with van der Waals surface area (Å²) < 4.78 is 0. The second-order valence-corrected chi connectivity index (χ2v) is 11.0. The maximum Gasteiger partial charge on any atom is 0.00628 e. The Hall–Kier alpha value is -2.58. The first-order chi connectivity index (χ1) is 18.3. The van der Waals surface area contributed by atoms with E-state index in [1.165, 1.54) is 72.3 Å². The SMILES string of the molecule is C=CCCC(CCc1cc(Cc2ccc(C)c(CCCN(CCC)CCC)c2)ccc1C(=C)C)C(=C)NC. The molecule has 1 unspecified atom stereocenters. The van der Waals surface area contributed by atoms with Crippen LogP contribution in [0.2, 0.25) is 0 Å². The van der Waals surface area contributed by atoms with Gasteiger partial charge in [0, 0.05) is 12.7 Å². The smallest absolute Gasteiger partial charge is 0.00628 e. The maximum atomic E-state index is 4.27. The molecule has 2 aromatic rings. The van der Waals surface area contributed by atoms with Crippen molar-refractivity contribution in [1.29, 1.82) is 0 Å². The van der Waals surface area contributed by atoms with Crippen molar-refractivity contribution < 1.29 is 0 Å². The molecule has 1 N–H and O–H groups in total. The summed E-state index contributed by atoms with van der Waals surface area (Å²) in [6, 6.07) is 14.1. The monoisotopic (exact) mass is 514 g/mol. The second-order valence-electron chi connectivity index (χ2n) is 11.0. The Morgan fingerprint density at radius 2 is 1.58 bits per heavy atom. The van der Waals surface area contributed by atoms with E-state index in [1.807, 2.05) is 13.1 Å². The Labute approximate surface area is 234 Å². The van der Waals surface area contributed by atoms with Crippen LogP contribution in [0.25, 0.3) is 5.57 Å². The standard InChI is InChI=1S/C36H54N2/c1-9-12-14-33(30(7)37-8)19-20-35-27-32(18-21-36(35)28(4)5)25-31-17-16-29(6)34(26-31)15-13-24-38(22-10-2)23-11-3/h9,16-18,21,26-27,33,37H,1,4,7,10-15,19-20,22-25H2,2-3,5-6,8H3. The molecule has 0 radical (unpaired) electrons. The molecule has 0 saturated carbocycles. The summed E-state index contributed by atoms with van der Waals surface area (Å²) in [6.45, 7) is 25.0. The lowest BCUT2D eigenvalue weighted by Crippen LogP contribution is -2.26. The van der Waals surface area contributed by atoms with Crippen LogP contribution in [0.1, 0.15) is 92.7 Å². The fourth-order valence-corrected chi connectivity index (χ4v) is 5.53. The van der Waals surface area contributed by atoms with Crippen molar-refractivity contribution in [3.05, 3.63) is 101 Å². The van der Waals surface area contributed by atoms with Crippen LogP contribution < -0.4 is 5.32 Å². The highest BCUT2D eigenvalue weighted by molar-refractivity contribution is 5.65. The number of benzene rings is 2. The summed E-state index contributed by atoms with van der Waals surface area (Å²) in [4.78, 5) is 2.62. The van der Waals surface area contributed by atoms with E-state index in [-0.39, 0.29) is 0 Å². The Balaban J connectivity index is 2.14. The molecular formula is C36H54N2. The molecular weight excluding hydrogens is 460 g/mol. The lowest BCUT2D eigenvalue weighted by Gasteiger charge is -2.21. The normalized spacial score (nSPS) is 11.9. The zero-order chi connectivity index (χ0) is 27.9. The van der Waals surface area contributed by atoms with Crippen LogP contribution in [0.5, 0.6) is 0 Å². The first-order valence-electron chi connectivity index (χ1n) is 14.9. The number of allylic oxidation sites excluding steroid dienone is 3. The number of aryl methyl sites for hydroxylation is 3. The van der Waals surface area contributed by atoms with Gasteiger partial charge in [0.05, 0.1) is 0 Å². The second kappa shape index (κ2) is 17.1. The molecule has 0 fully saturated rings. The van der Waals surface area contributed by atoms with E-state index in [9.17, 15) is 0 Å². The number of nitrogens with one attached hydrogen (secondary N) is 1. The molecule has 0 heterocycles. The van der Waals surface area contributed by atoms with Crippen LogP contribution >= 0.6 is 0 Å². The average Bonchev–Trinajstić information content (AvgIpc) is 2.90. The van der Waals surface area contributed by atoms with Crippen LogP contribution in [0, 0.1) is 12.8 Å². The van der Waals surface area contributed by atoms with Gasteiger partial charge < -0.3 is 10.2 Å². The van der Waals surface area contributed by atoms with Gasteiger partial charge in [0.2, 0.25) is 0 Å². The van der Waals surface area contributed by atoms with E-state index >= 15 is 0 Å². The number of rotatable bonds is 19. The fraction of sp³-hybridized carbons (Fsp3) is 0.500. The molecule has 0 aliphatic carbocycles. The van der Waals surface area contributed by atoms with Gasteiger partial charge in [0.1, 0.15) is 0 Å². The fourth-order valence-electron chi connectivity index (χ4n) is 5.53. The third-order valence-corrected chi connectivity index (χ3v) is 7.75. The molecule has 38 heavy (non-hydrogen) atoms. The lowest BCUT2D eigenvalue weighted by molar-refractivity contribution is 0.271. The first kappa shape index (κ1) is 31.6.